The van der Waals surface area contributed by atoms with E-state index in [-0.39, 0.29) is 0 Å². The van der Waals surface area contributed by atoms with Gasteiger partial charge in [0, 0.05) is 28.1 Å². The van der Waals surface area contributed by atoms with Crippen LogP contribution in [0.25, 0.3) is 22.5 Å². The minimum Gasteiger partial charge on any atom is -0.310 e. The lowest BCUT2D eigenvalue weighted by molar-refractivity contribution is 0.607. The quantitative estimate of drug-likeness (QED) is 0.177. The Hall–Kier alpha value is -8.34. The van der Waals surface area contributed by atoms with Gasteiger partial charge in [0.1, 0.15) is 5.82 Å². The SMILES string of the molecule is Cc1nc(-c2ccccc2)c(C)c(-c2ccc(N3c4ccccc4C4(c5ccccc53)c3ccccc3C3(c5ccccc5N(c5ccccc5)c5ccccc53)c3ccccc34)cc2)n1. The molecule has 2 aliphatic heterocycles. The fraction of sp³-hybridized carbons (Fsp3) is 0.0645. The van der Waals surface area contributed by atoms with Gasteiger partial charge in [-0.3, -0.25) is 0 Å². The predicted octanol–water partition coefficient (Wildman–Crippen LogP) is 15.1. The summed E-state index contributed by atoms with van der Waals surface area (Å²) in [5.41, 5.74) is 21.0. The number of para-hydroxylation sites is 5. The number of hydrogen-bond acceptors (Lipinski definition) is 4. The zero-order chi connectivity index (χ0) is 44.0. The maximum absolute atomic E-state index is 5.00. The molecule has 0 bridgehead atoms. The summed E-state index contributed by atoms with van der Waals surface area (Å²) in [4.78, 5) is 14.8. The third kappa shape index (κ3) is 5.15. The molecule has 0 saturated carbocycles. The number of aryl methyl sites for hydroxylation is 1. The van der Waals surface area contributed by atoms with Gasteiger partial charge in [-0.05, 0) is 107 Å². The molecular formula is C62H44N4. The molecule has 3 heterocycles. The summed E-state index contributed by atoms with van der Waals surface area (Å²) in [7, 11) is 0. The van der Waals surface area contributed by atoms with Crippen molar-refractivity contribution >= 4 is 34.1 Å². The molecule has 0 fully saturated rings. The molecular weight excluding hydrogens is 801 g/mol. The second kappa shape index (κ2) is 14.6. The molecule has 13 rings (SSSR count). The molecule has 4 nitrogen and oxygen atoms in total. The molecule has 0 atom stereocenters. The molecule has 0 radical (unpaired) electrons. The lowest BCUT2D eigenvalue weighted by atomic mass is 9.49. The van der Waals surface area contributed by atoms with Crippen molar-refractivity contribution in [3.63, 3.8) is 0 Å². The van der Waals surface area contributed by atoms with Crippen molar-refractivity contribution < 1.29 is 0 Å². The lowest BCUT2D eigenvalue weighted by Gasteiger charge is -2.56. The summed E-state index contributed by atoms with van der Waals surface area (Å²) in [6, 6.07) is 85.1. The Kier molecular flexibility index (Phi) is 8.44. The second-order valence-corrected chi connectivity index (χ2v) is 17.7. The van der Waals surface area contributed by atoms with Crippen LogP contribution in [0.1, 0.15) is 55.9 Å². The van der Waals surface area contributed by atoms with Gasteiger partial charge in [0.15, 0.2) is 0 Å². The van der Waals surface area contributed by atoms with Crippen LogP contribution in [0.15, 0.2) is 231 Å². The van der Waals surface area contributed by atoms with Crippen molar-refractivity contribution in [2.24, 2.45) is 0 Å². The molecule has 312 valence electrons. The zero-order valence-electron chi connectivity index (χ0n) is 36.7. The molecule has 10 aromatic rings. The normalized spacial score (nSPS) is 14.4. The van der Waals surface area contributed by atoms with Gasteiger partial charge in [-0.1, -0.05) is 182 Å². The van der Waals surface area contributed by atoms with E-state index < -0.39 is 10.8 Å². The van der Waals surface area contributed by atoms with Gasteiger partial charge in [-0.2, -0.15) is 0 Å². The monoisotopic (exact) mass is 844 g/mol. The van der Waals surface area contributed by atoms with Gasteiger partial charge in [0.05, 0.1) is 45.0 Å². The summed E-state index contributed by atoms with van der Waals surface area (Å²) in [6.07, 6.45) is 0. The first-order valence-electron chi connectivity index (χ1n) is 22.8. The minimum absolute atomic E-state index is 0.619. The van der Waals surface area contributed by atoms with Crippen molar-refractivity contribution in [1.82, 2.24) is 9.97 Å². The number of aromatic nitrogens is 2. The number of benzene rings is 9. The first kappa shape index (κ1) is 38.1. The Morgan fingerprint density at radius 1 is 0.288 bits per heavy atom. The summed E-state index contributed by atoms with van der Waals surface area (Å²) in [5, 5.41) is 0. The minimum atomic E-state index is -0.647. The van der Waals surface area contributed by atoms with Gasteiger partial charge in [0.2, 0.25) is 0 Å². The molecule has 0 amide bonds. The fourth-order valence-electron chi connectivity index (χ4n) is 11.9. The van der Waals surface area contributed by atoms with Gasteiger partial charge in [-0.25, -0.2) is 9.97 Å². The molecule has 1 aromatic heterocycles. The topological polar surface area (TPSA) is 32.3 Å². The van der Waals surface area contributed by atoms with E-state index in [1.54, 1.807) is 0 Å². The highest BCUT2D eigenvalue weighted by Crippen LogP contribution is 2.67. The van der Waals surface area contributed by atoms with Crippen LogP contribution in [0.4, 0.5) is 34.1 Å². The van der Waals surface area contributed by atoms with Crippen LogP contribution in [-0.2, 0) is 10.8 Å². The Bertz CT molecular complexity index is 3380. The highest BCUT2D eigenvalue weighted by molar-refractivity contribution is 5.95. The standard InChI is InChI=1S/C62H44N4/c1-41-59(43-21-5-3-6-22-43)63-42(2)64-60(41)44-37-39-46(40-38-44)66-57-35-19-15-31-53(57)62(54-32-16-20-36-58(54)66)49-27-11-9-25-47(49)61(48-26-10-12-28-50(48)62)51-29-13-17-33-55(51)65(45-23-7-4-8-24-45)56-34-18-14-30-52(56)61/h3-40H,1-2H3. The average molecular weight is 845 g/mol. The highest BCUT2D eigenvalue weighted by Gasteiger charge is 2.58. The molecule has 0 saturated heterocycles. The van der Waals surface area contributed by atoms with Crippen LogP contribution < -0.4 is 9.80 Å². The van der Waals surface area contributed by atoms with Crippen molar-refractivity contribution in [2.45, 2.75) is 24.7 Å². The van der Waals surface area contributed by atoms with Crippen LogP contribution in [-0.4, -0.2) is 9.97 Å². The molecule has 4 heteroatoms. The molecule has 3 aliphatic rings. The summed E-state index contributed by atoms with van der Waals surface area (Å²) in [6.45, 7) is 4.12. The zero-order valence-corrected chi connectivity index (χ0v) is 36.7. The highest BCUT2D eigenvalue weighted by atomic mass is 15.2. The Morgan fingerprint density at radius 3 is 0.955 bits per heavy atom. The van der Waals surface area contributed by atoms with Gasteiger partial charge in [-0.15, -0.1) is 0 Å². The van der Waals surface area contributed by atoms with E-state index in [0.29, 0.717) is 0 Å². The second-order valence-electron chi connectivity index (χ2n) is 17.7. The van der Waals surface area contributed by atoms with Crippen LogP contribution >= 0.6 is 0 Å². The van der Waals surface area contributed by atoms with E-state index >= 15 is 0 Å². The van der Waals surface area contributed by atoms with E-state index in [1.807, 2.05) is 13.0 Å². The predicted molar refractivity (Wildman–Crippen MR) is 269 cm³/mol. The van der Waals surface area contributed by atoms with E-state index in [2.05, 4.69) is 241 Å². The van der Waals surface area contributed by atoms with E-state index in [9.17, 15) is 0 Å². The van der Waals surface area contributed by atoms with Crippen molar-refractivity contribution in [3.8, 4) is 22.5 Å². The van der Waals surface area contributed by atoms with Gasteiger partial charge >= 0.3 is 0 Å². The summed E-state index contributed by atoms with van der Waals surface area (Å²) in [5.74, 6) is 0.756. The molecule has 2 spiro atoms. The number of nitrogens with zero attached hydrogens (tertiary/aromatic N) is 4. The van der Waals surface area contributed by atoms with Crippen molar-refractivity contribution in [3.05, 3.63) is 286 Å². The smallest absolute Gasteiger partial charge is 0.126 e. The van der Waals surface area contributed by atoms with E-state index in [0.717, 1.165) is 56.7 Å². The van der Waals surface area contributed by atoms with Crippen molar-refractivity contribution in [1.29, 1.82) is 0 Å². The van der Waals surface area contributed by atoms with E-state index in [1.165, 1.54) is 55.9 Å². The number of fused-ring (bicyclic) bond motifs is 14. The summed E-state index contributed by atoms with van der Waals surface area (Å²) >= 11 is 0. The number of rotatable bonds is 4. The van der Waals surface area contributed by atoms with E-state index in [4.69, 9.17) is 9.97 Å². The first-order valence-corrected chi connectivity index (χ1v) is 22.8. The van der Waals surface area contributed by atoms with Crippen molar-refractivity contribution in [2.75, 3.05) is 9.80 Å². The largest absolute Gasteiger partial charge is 0.310 e. The number of hydrogen-bond donors (Lipinski definition) is 0. The Morgan fingerprint density at radius 2 is 0.576 bits per heavy atom. The maximum Gasteiger partial charge on any atom is 0.126 e. The summed E-state index contributed by atoms with van der Waals surface area (Å²) < 4.78 is 0. The van der Waals surface area contributed by atoms with Gasteiger partial charge in [0.25, 0.3) is 0 Å². The Balaban J connectivity index is 1.04. The molecule has 66 heavy (non-hydrogen) atoms. The number of anilines is 6. The fourth-order valence-corrected chi connectivity index (χ4v) is 11.9. The van der Waals surface area contributed by atoms with Crippen LogP contribution in [0.2, 0.25) is 0 Å². The Labute approximate surface area is 385 Å². The third-order valence-electron chi connectivity index (χ3n) is 14.4. The van der Waals surface area contributed by atoms with Gasteiger partial charge < -0.3 is 9.80 Å². The average Bonchev–Trinajstić information content (AvgIpc) is 3.38. The first-order chi connectivity index (χ1) is 32.6. The molecule has 0 N–H and O–H groups in total. The molecule has 9 aromatic carbocycles. The maximum atomic E-state index is 5.00. The molecule has 1 aliphatic carbocycles. The molecule has 0 unspecified atom stereocenters. The lowest BCUT2D eigenvalue weighted by Crippen LogP contribution is -2.49. The van der Waals surface area contributed by atoms with Crippen LogP contribution in [0.3, 0.4) is 0 Å². The third-order valence-corrected chi connectivity index (χ3v) is 14.4. The van der Waals surface area contributed by atoms with Crippen LogP contribution in [0, 0.1) is 13.8 Å². The van der Waals surface area contributed by atoms with Crippen LogP contribution in [0.5, 0.6) is 0 Å².